The molecule has 6 nitrogen and oxygen atoms in total. The van der Waals surface area contributed by atoms with Crippen molar-refractivity contribution in [1.82, 2.24) is 0 Å². The van der Waals surface area contributed by atoms with Crippen LogP contribution in [0.1, 0.15) is 58.3 Å². The first-order valence-corrected chi connectivity index (χ1v) is 19.4. The summed E-state index contributed by atoms with van der Waals surface area (Å²) in [6, 6.07) is 32.2. The number of hydrogen-bond donors (Lipinski definition) is 0. The molecule has 0 radical (unpaired) electrons. The van der Waals surface area contributed by atoms with Gasteiger partial charge in [-0.25, -0.2) is 8.42 Å². The molecule has 3 aromatic rings. The van der Waals surface area contributed by atoms with Gasteiger partial charge in [-0.05, 0) is 74.4 Å². The summed E-state index contributed by atoms with van der Waals surface area (Å²) in [6.45, 7) is 1.91. The Hall–Kier alpha value is -2.45. The number of hydrogen-bond acceptors (Lipinski definition) is 6. The molecule has 0 heterocycles. The highest BCUT2D eigenvalue weighted by Crippen LogP contribution is 2.62. The van der Waals surface area contributed by atoms with Crippen LogP contribution in [0.4, 0.5) is 17.6 Å². The van der Waals surface area contributed by atoms with Crippen molar-refractivity contribution in [3.05, 3.63) is 91.0 Å². The Balaban J connectivity index is 0.000000221. The Morgan fingerprint density at radius 3 is 1.70 bits per heavy atom. The summed E-state index contributed by atoms with van der Waals surface area (Å²) in [5.41, 5.74) is -2.11. The number of rotatable bonds is 13. The van der Waals surface area contributed by atoms with E-state index in [0.717, 1.165) is 12.8 Å². The topological polar surface area (TPSA) is 101 Å². The van der Waals surface area contributed by atoms with Gasteiger partial charge in [-0.3, -0.25) is 4.18 Å². The van der Waals surface area contributed by atoms with E-state index in [0.29, 0.717) is 12.8 Å². The van der Waals surface area contributed by atoms with E-state index in [1.54, 1.807) is 0 Å². The van der Waals surface area contributed by atoms with Gasteiger partial charge in [0.1, 0.15) is 0 Å². The highest BCUT2D eigenvalue weighted by molar-refractivity contribution is 7.97. The van der Waals surface area contributed by atoms with Gasteiger partial charge < -0.3 is 4.55 Å². The zero-order chi connectivity index (χ0) is 33.6. The van der Waals surface area contributed by atoms with E-state index < -0.39 is 61.0 Å². The van der Waals surface area contributed by atoms with Gasteiger partial charge in [-0.1, -0.05) is 80.8 Å². The molecule has 46 heavy (non-hydrogen) atoms. The molecule has 2 saturated carbocycles. The zero-order valence-corrected chi connectivity index (χ0v) is 27.8. The van der Waals surface area contributed by atoms with Gasteiger partial charge in [0.2, 0.25) is 0 Å². The van der Waals surface area contributed by atoms with Crippen molar-refractivity contribution in [1.29, 1.82) is 0 Å². The summed E-state index contributed by atoms with van der Waals surface area (Å²) in [5.74, 6) is -8.52. The smallest absolute Gasteiger partial charge is 0.396 e. The van der Waals surface area contributed by atoms with Crippen molar-refractivity contribution >= 4 is 31.1 Å². The minimum atomic E-state index is -6.64. The highest BCUT2D eigenvalue weighted by Gasteiger charge is 2.73. The first-order valence-electron chi connectivity index (χ1n) is 15.2. The maximum Gasteiger partial charge on any atom is 0.396 e. The van der Waals surface area contributed by atoms with Crippen LogP contribution in [0, 0.1) is 11.8 Å². The summed E-state index contributed by atoms with van der Waals surface area (Å²) >= 11 is 0. The van der Waals surface area contributed by atoms with Crippen molar-refractivity contribution in [3.8, 4) is 0 Å². The molecule has 0 amide bonds. The third-order valence-electron chi connectivity index (χ3n) is 8.43. The van der Waals surface area contributed by atoms with Crippen molar-refractivity contribution in [2.45, 2.75) is 89.8 Å². The summed E-state index contributed by atoms with van der Waals surface area (Å²) in [5, 5.41) is -5.85. The molecule has 5 rings (SSSR count). The van der Waals surface area contributed by atoms with Crippen LogP contribution < -0.4 is 0 Å². The van der Waals surface area contributed by atoms with Crippen LogP contribution in [-0.2, 0) is 35.3 Å². The molecular formula is C33H38F4O6S3. The lowest BCUT2D eigenvalue weighted by molar-refractivity contribution is -0.223. The Bertz CT molecular complexity index is 1530. The maximum atomic E-state index is 14.4. The van der Waals surface area contributed by atoms with Gasteiger partial charge in [0.05, 0.1) is 28.2 Å². The second-order valence-corrected chi connectivity index (χ2v) is 16.8. The molecule has 2 fully saturated rings. The standard InChI is InChI=1S/C18H15S.C15H24F4O6S2/c1-4-10-16(11-5-1)19(17-12-6-2-7-13-17)18-14-8-3-9-15-18;1-2-3-4-5-8-26(20,21)25-13-7-6-11(10-13)9-12(13)14(16,17)15(18,19)27(22,23)24/h1-15H;11-12H,2-10H2,1H3,(H,22,23,24)/q+1;/p-1. The molecule has 0 saturated heterocycles. The van der Waals surface area contributed by atoms with Gasteiger partial charge in [0.25, 0.3) is 10.1 Å². The summed E-state index contributed by atoms with van der Waals surface area (Å²) in [6.07, 6.45) is 1.84. The van der Waals surface area contributed by atoms with Crippen LogP contribution >= 0.6 is 0 Å². The molecule has 2 aliphatic carbocycles. The molecule has 0 aliphatic heterocycles. The largest absolute Gasteiger partial charge is 0.743 e. The van der Waals surface area contributed by atoms with E-state index in [1.807, 2.05) is 6.92 Å². The van der Waals surface area contributed by atoms with Gasteiger partial charge in [0, 0.05) is 0 Å². The van der Waals surface area contributed by atoms with E-state index in [2.05, 4.69) is 91.0 Å². The van der Waals surface area contributed by atoms with Crippen LogP contribution in [0.3, 0.4) is 0 Å². The van der Waals surface area contributed by atoms with E-state index in [4.69, 9.17) is 4.18 Å². The lowest BCUT2D eigenvalue weighted by Crippen LogP contribution is -2.58. The molecule has 0 spiro atoms. The van der Waals surface area contributed by atoms with Crippen molar-refractivity contribution in [3.63, 3.8) is 0 Å². The fraction of sp³-hybridized carbons (Fsp3) is 0.455. The lowest BCUT2D eigenvalue weighted by Gasteiger charge is -2.41. The Morgan fingerprint density at radius 1 is 0.804 bits per heavy atom. The SMILES string of the molecule is CCCCCCS(=O)(=O)OC12CCC(CC1C(F)(F)C(F)(F)S(=O)(=O)[O-])C2.c1ccc([S+](c2ccccc2)c2ccccc2)cc1. The predicted molar refractivity (Wildman–Crippen MR) is 168 cm³/mol. The Morgan fingerprint density at radius 2 is 1.28 bits per heavy atom. The minimum absolute atomic E-state index is 0.0146. The second kappa shape index (κ2) is 14.8. The summed E-state index contributed by atoms with van der Waals surface area (Å²) < 4.78 is 118. The van der Waals surface area contributed by atoms with Crippen molar-refractivity contribution < 1.29 is 43.1 Å². The third-order valence-corrected chi connectivity index (χ3v) is 12.9. The number of benzene rings is 3. The van der Waals surface area contributed by atoms with Gasteiger partial charge >= 0.3 is 11.2 Å². The molecular weight excluding hydrogens is 665 g/mol. The van der Waals surface area contributed by atoms with Crippen LogP contribution in [-0.4, -0.2) is 43.9 Å². The fourth-order valence-electron chi connectivity index (χ4n) is 6.27. The summed E-state index contributed by atoms with van der Waals surface area (Å²) in [7, 11) is -10.9. The average Bonchev–Trinajstić information content (AvgIpc) is 3.59. The Kier molecular flexibility index (Phi) is 11.7. The third kappa shape index (κ3) is 8.15. The average molecular weight is 703 g/mol. The van der Waals surface area contributed by atoms with Gasteiger partial charge in [0.15, 0.2) is 24.8 Å². The van der Waals surface area contributed by atoms with Gasteiger partial charge in [-0.15, -0.1) is 0 Å². The summed E-state index contributed by atoms with van der Waals surface area (Å²) in [4.78, 5) is 4.08. The van der Waals surface area contributed by atoms with E-state index in [-0.39, 0.29) is 30.2 Å². The molecule has 13 heteroatoms. The molecule has 3 unspecified atom stereocenters. The molecule has 2 bridgehead atoms. The molecule has 252 valence electrons. The lowest BCUT2D eigenvalue weighted by atomic mass is 9.80. The number of alkyl halides is 4. The van der Waals surface area contributed by atoms with Crippen LogP contribution in [0.25, 0.3) is 0 Å². The van der Waals surface area contributed by atoms with E-state index in [9.17, 15) is 39.0 Å². The fourth-order valence-corrected chi connectivity index (χ4v) is 10.3. The van der Waals surface area contributed by atoms with Crippen LogP contribution in [0.5, 0.6) is 0 Å². The predicted octanol–water partition coefficient (Wildman–Crippen LogP) is 8.03. The molecule has 3 atom stereocenters. The highest BCUT2D eigenvalue weighted by atomic mass is 32.2. The normalized spacial score (nSPS) is 21.6. The second-order valence-electron chi connectivity index (χ2n) is 11.7. The van der Waals surface area contributed by atoms with E-state index in [1.165, 1.54) is 14.7 Å². The number of unbranched alkanes of at least 4 members (excludes halogenated alkanes) is 3. The number of halogens is 4. The minimum Gasteiger partial charge on any atom is -0.743 e. The molecule has 0 N–H and O–H groups in total. The van der Waals surface area contributed by atoms with Crippen LogP contribution in [0.15, 0.2) is 106 Å². The first kappa shape index (κ1) is 36.4. The van der Waals surface area contributed by atoms with Crippen molar-refractivity contribution in [2.75, 3.05) is 5.75 Å². The molecule has 0 aromatic heterocycles. The van der Waals surface area contributed by atoms with Crippen LogP contribution in [0.2, 0.25) is 0 Å². The quantitative estimate of drug-likeness (QED) is 0.0588. The molecule has 3 aromatic carbocycles. The zero-order valence-electron chi connectivity index (χ0n) is 25.4. The number of fused-ring (bicyclic) bond motifs is 2. The van der Waals surface area contributed by atoms with Crippen molar-refractivity contribution in [2.24, 2.45) is 11.8 Å². The monoisotopic (exact) mass is 702 g/mol. The van der Waals surface area contributed by atoms with Gasteiger partial charge in [-0.2, -0.15) is 26.0 Å². The Labute approximate surface area is 271 Å². The van der Waals surface area contributed by atoms with E-state index >= 15 is 0 Å². The molecule has 2 aliphatic rings. The maximum absolute atomic E-state index is 14.4. The first-order chi connectivity index (χ1) is 21.6.